The molecule has 2 fully saturated rings. The predicted octanol–water partition coefficient (Wildman–Crippen LogP) is 3.81. The Morgan fingerprint density at radius 2 is 1.87 bits per heavy atom. The zero-order valence-electron chi connectivity index (χ0n) is 19.3. The SMILES string of the molecule is COC(=O)CCCCCC[C@@H]1[C@@H](COC(C)(C)OC)[C@H](O[C@H]2CCCCO2)C[C@@H]1O. The third-order valence-electron chi connectivity index (χ3n) is 6.47. The Labute approximate surface area is 181 Å². The van der Waals surface area contributed by atoms with Crippen LogP contribution in [0.2, 0.25) is 0 Å². The van der Waals surface area contributed by atoms with Crippen molar-refractivity contribution in [2.24, 2.45) is 11.8 Å². The highest BCUT2D eigenvalue weighted by Crippen LogP contribution is 2.40. The quantitative estimate of drug-likeness (QED) is 0.270. The third-order valence-corrected chi connectivity index (χ3v) is 6.47. The first-order chi connectivity index (χ1) is 14.4. The first-order valence-electron chi connectivity index (χ1n) is 11.6. The van der Waals surface area contributed by atoms with Crippen LogP contribution in [0.25, 0.3) is 0 Å². The van der Waals surface area contributed by atoms with Crippen molar-refractivity contribution in [2.75, 3.05) is 27.4 Å². The zero-order chi connectivity index (χ0) is 22.0. The molecule has 7 heteroatoms. The van der Waals surface area contributed by atoms with Crippen molar-refractivity contribution in [3.8, 4) is 0 Å². The summed E-state index contributed by atoms with van der Waals surface area (Å²) in [6, 6.07) is 0. The molecule has 0 aromatic heterocycles. The second-order valence-corrected chi connectivity index (χ2v) is 9.05. The van der Waals surface area contributed by atoms with Crippen LogP contribution in [0.5, 0.6) is 0 Å². The third kappa shape index (κ3) is 8.42. The number of carbonyl (C=O) groups excluding carboxylic acids is 1. The molecular formula is C23H42O7. The van der Waals surface area contributed by atoms with Gasteiger partial charge in [-0.15, -0.1) is 0 Å². The summed E-state index contributed by atoms with van der Waals surface area (Å²) in [6.07, 6.45) is 8.38. The Morgan fingerprint density at radius 1 is 1.10 bits per heavy atom. The van der Waals surface area contributed by atoms with Crippen molar-refractivity contribution in [1.82, 2.24) is 0 Å². The average Bonchev–Trinajstić information content (AvgIpc) is 3.03. The maximum atomic E-state index is 11.2. The van der Waals surface area contributed by atoms with Gasteiger partial charge in [-0.3, -0.25) is 4.79 Å². The average molecular weight is 431 g/mol. The normalized spacial score (nSPS) is 29.8. The first kappa shape index (κ1) is 25.5. The molecule has 0 aromatic rings. The van der Waals surface area contributed by atoms with E-state index in [1.807, 2.05) is 13.8 Å². The van der Waals surface area contributed by atoms with Gasteiger partial charge in [-0.05, 0) is 51.9 Å². The van der Waals surface area contributed by atoms with E-state index in [4.69, 9.17) is 18.9 Å². The van der Waals surface area contributed by atoms with Crippen LogP contribution in [-0.4, -0.2) is 62.8 Å². The zero-order valence-corrected chi connectivity index (χ0v) is 19.3. The summed E-state index contributed by atoms with van der Waals surface area (Å²) < 4.78 is 28.2. The number of rotatable bonds is 13. The minimum atomic E-state index is -0.669. The van der Waals surface area contributed by atoms with E-state index in [9.17, 15) is 9.90 Å². The van der Waals surface area contributed by atoms with E-state index in [0.29, 0.717) is 19.4 Å². The fraction of sp³-hybridized carbons (Fsp3) is 0.957. The predicted molar refractivity (Wildman–Crippen MR) is 113 cm³/mol. The number of hydrogen-bond donors (Lipinski definition) is 1. The molecule has 1 aliphatic heterocycles. The molecule has 1 heterocycles. The lowest BCUT2D eigenvalue weighted by Gasteiger charge is -2.32. The molecule has 0 amide bonds. The summed E-state index contributed by atoms with van der Waals surface area (Å²) >= 11 is 0. The van der Waals surface area contributed by atoms with E-state index in [0.717, 1.165) is 58.0 Å². The van der Waals surface area contributed by atoms with E-state index in [1.54, 1.807) is 7.11 Å². The molecule has 1 saturated heterocycles. The molecule has 0 unspecified atom stereocenters. The fourth-order valence-electron chi connectivity index (χ4n) is 4.42. The van der Waals surface area contributed by atoms with E-state index in [2.05, 4.69) is 4.74 Å². The maximum Gasteiger partial charge on any atom is 0.305 e. The van der Waals surface area contributed by atoms with Gasteiger partial charge in [0.25, 0.3) is 0 Å². The molecule has 0 bridgehead atoms. The Morgan fingerprint density at radius 3 is 2.53 bits per heavy atom. The molecule has 0 aromatic carbocycles. The van der Waals surface area contributed by atoms with Crippen molar-refractivity contribution >= 4 is 5.97 Å². The van der Waals surface area contributed by atoms with Gasteiger partial charge in [0.2, 0.25) is 0 Å². The number of aliphatic hydroxyl groups is 1. The van der Waals surface area contributed by atoms with Gasteiger partial charge in [-0.25, -0.2) is 0 Å². The second kappa shape index (κ2) is 13.0. The number of hydrogen-bond acceptors (Lipinski definition) is 7. The van der Waals surface area contributed by atoms with Gasteiger partial charge in [0, 0.05) is 32.5 Å². The Kier molecular flexibility index (Phi) is 11.0. The second-order valence-electron chi connectivity index (χ2n) is 9.05. The molecule has 176 valence electrons. The van der Waals surface area contributed by atoms with E-state index >= 15 is 0 Å². The lowest BCUT2D eigenvalue weighted by Crippen LogP contribution is -2.37. The largest absolute Gasteiger partial charge is 0.469 e. The van der Waals surface area contributed by atoms with Crippen LogP contribution < -0.4 is 0 Å². The van der Waals surface area contributed by atoms with Crippen LogP contribution >= 0.6 is 0 Å². The van der Waals surface area contributed by atoms with Crippen LogP contribution in [0, 0.1) is 11.8 Å². The van der Waals surface area contributed by atoms with Crippen molar-refractivity contribution in [3.05, 3.63) is 0 Å². The summed E-state index contributed by atoms with van der Waals surface area (Å²) in [5.74, 6) is -0.580. The van der Waals surface area contributed by atoms with Gasteiger partial charge in [-0.1, -0.05) is 19.3 Å². The smallest absolute Gasteiger partial charge is 0.305 e. The van der Waals surface area contributed by atoms with Gasteiger partial charge in [0.15, 0.2) is 12.1 Å². The summed E-state index contributed by atoms with van der Waals surface area (Å²) in [5.41, 5.74) is 0. The molecular weight excluding hydrogens is 388 g/mol. The molecule has 7 nitrogen and oxygen atoms in total. The minimum absolute atomic E-state index is 0.0694. The Bertz CT molecular complexity index is 490. The van der Waals surface area contributed by atoms with Crippen LogP contribution in [-0.2, 0) is 28.5 Å². The molecule has 0 radical (unpaired) electrons. The Hall–Kier alpha value is -0.730. The molecule has 2 aliphatic rings. The van der Waals surface area contributed by atoms with Crippen molar-refractivity contribution < 1.29 is 33.6 Å². The van der Waals surface area contributed by atoms with Crippen LogP contribution in [0.3, 0.4) is 0 Å². The highest BCUT2D eigenvalue weighted by Gasteiger charge is 2.44. The molecule has 0 spiro atoms. The van der Waals surface area contributed by atoms with Gasteiger partial charge < -0.3 is 28.8 Å². The number of carbonyl (C=O) groups is 1. The molecule has 1 aliphatic carbocycles. The number of unbranched alkanes of at least 4 members (excludes halogenated alkanes) is 3. The number of methoxy groups -OCH3 is 2. The summed E-state index contributed by atoms with van der Waals surface area (Å²) in [4.78, 5) is 11.2. The molecule has 30 heavy (non-hydrogen) atoms. The molecule has 5 atom stereocenters. The highest BCUT2D eigenvalue weighted by atomic mass is 16.7. The van der Waals surface area contributed by atoms with Crippen LogP contribution in [0.15, 0.2) is 0 Å². The lowest BCUT2D eigenvalue weighted by molar-refractivity contribution is -0.227. The van der Waals surface area contributed by atoms with Crippen LogP contribution in [0.4, 0.5) is 0 Å². The van der Waals surface area contributed by atoms with E-state index in [1.165, 1.54) is 7.11 Å². The minimum Gasteiger partial charge on any atom is -0.469 e. The molecule has 1 N–H and O–H groups in total. The van der Waals surface area contributed by atoms with E-state index < -0.39 is 11.9 Å². The standard InChI is InChI=1S/C23H42O7/c1-23(2,27-4)29-16-18-17(11-7-5-6-8-12-21(25)26-3)19(24)15-20(18)30-22-13-9-10-14-28-22/h17-20,22,24H,5-16H2,1-4H3/t17-,18-,19+,20-,22+/m1/s1. The van der Waals surface area contributed by atoms with Gasteiger partial charge in [-0.2, -0.15) is 0 Å². The van der Waals surface area contributed by atoms with Gasteiger partial charge >= 0.3 is 5.97 Å². The fourth-order valence-corrected chi connectivity index (χ4v) is 4.42. The Balaban J connectivity index is 1.87. The molecule has 2 rings (SSSR count). The topological polar surface area (TPSA) is 83.5 Å². The summed E-state index contributed by atoms with van der Waals surface area (Å²) in [7, 11) is 3.06. The maximum absolute atomic E-state index is 11.2. The van der Waals surface area contributed by atoms with Gasteiger partial charge in [0.05, 0.1) is 25.9 Å². The number of esters is 1. The van der Waals surface area contributed by atoms with Crippen LogP contribution in [0.1, 0.15) is 78.1 Å². The highest BCUT2D eigenvalue weighted by molar-refractivity contribution is 5.68. The summed E-state index contributed by atoms with van der Waals surface area (Å²) in [6.45, 7) is 5.03. The van der Waals surface area contributed by atoms with Crippen molar-refractivity contribution in [1.29, 1.82) is 0 Å². The number of ether oxygens (including phenoxy) is 5. The molecule has 1 saturated carbocycles. The van der Waals surface area contributed by atoms with E-state index in [-0.39, 0.29) is 30.2 Å². The first-order valence-corrected chi connectivity index (χ1v) is 11.6. The van der Waals surface area contributed by atoms with Crippen molar-refractivity contribution in [2.45, 2.75) is 102 Å². The summed E-state index contributed by atoms with van der Waals surface area (Å²) in [5, 5.41) is 10.8. The monoisotopic (exact) mass is 430 g/mol. The van der Waals surface area contributed by atoms with Gasteiger partial charge in [0.1, 0.15) is 0 Å². The van der Waals surface area contributed by atoms with Crippen molar-refractivity contribution in [3.63, 3.8) is 0 Å². The lowest BCUT2D eigenvalue weighted by atomic mass is 9.89. The number of aliphatic hydroxyl groups excluding tert-OH is 1.